The lowest BCUT2D eigenvalue weighted by atomic mass is 10.1. The van der Waals surface area contributed by atoms with E-state index in [9.17, 15) is 4.79 Å². The van der Waals surface area contributed by atoms with Crippen LogP contribution >= 0.6 is 12.2 Å². The molecule has 6 nitrogen and oxygen atoms in total. The van der Waals surface area contributed by atoms with Crippen molar-refractivity contribution in [3.63, 3.8) is 0 Å². The highest BCUT2D eigenvalue weighted by Gasteiger charge is 2.16. The summed E-state index contributed by atoms with van der Waals surface area (Å²) < 4.78 is 10.8. The molecule has 1 heterocycles. The Morgan fingerprint density at radius 3 is 2.34 bits per heavy atom. The van der Waals surface area contributed by atoms with Crippen molar-refractivity contribution in [3.05, 3.63) is 99.3 Å². The fraction of sp³-hybridized carbons (Fsp3) is 0.214. The third kappa shape index (κ3) is 5.63. The number of fused-ring (bicyclic) bond motifs is 1. The zero-order valence-corrected chi connectivity index (χ0v) is 21.2. The fourth-order valence-corrected chi connectivity index (χ4v) is 4.29. The summed E-state index contributed by atoms with van der Waals surface area (Å²) in [6, 6.07) is 21.8. The number of H-pyrrole nitrogens is 1. The number of nitrogens with one attached hydrogen (secondary N) is 2. The van der Waals surface area contributed by atoms with Crippen molar-refractivity contribution in [1.82, 2.24) is 9.88 Å². The molecule has 0 aliphatic carbocycles. The summed E-state index contributed by atoms with van der Waals surface area (Å²) in [5.41, 5.74) is 5.46. The summed E-state index contributed by atoms with van der Waals surface area (Å²) >= 11 is 5.83. The third-order valence-electron chi connectivity index (χ3n) is 5.91. The molecular weight excluding hydrogens is 458 g/mol. The largest absolute Gasteiger partial charge is 0.493 e. The lowest BCUT2D eigenvalue weighted by Gasteiger charge is -2.26. The number of anilines is 1. The summed E-state index contributed by atoms with van der Waals surface area (Å²) in [7, 11) is 3.16. The number of pyridine rings is 1. The summed E-state index contributed by atoms with van der Waals surface area (Å²) in [6.45, 7) is 5.01. The van der Waals surface area contributed by atoms with Crippen molar-refractivity contribution in [3.8, 4) is 11.5 Å². The lowest BCUT2D eigenvalue weighted by Crippen LogP contribution is -2.35. The molecule has 0 radical (unpaired) electrons. The van der Waals surface area contributed by atoms with Gasteiger partial charge in [0.15, 0.2) is 16.6 Å². The van der Waals surface area contributed by atoms with Crippen LogP contribution < -0.4 is 20.3 Å². The molecule has 4 aromatic rings. The summed E-state index contributed by atoms with van der Waals surface area (Å²) in [4.78, 5) is 18.0. The highest BCUT2D eigenvalue weighted by Crippen LogP contribution is 2.31. The molecule has 0 spiro atoms. The summed E-state index contributed by atoms with van der Waals surface area (Å²) in [5.74, 6) is 1.17. The van der Waals surface area contributed by atoms with Gasteiger partial charge < -0.3 is 24.7 Å². The monoisotopic (exact) mass is 487 g/mol. The molecule has 0 amide bonds. The molecular formula is C28H29N3O3S. The number of hydrogen-bond acceptors (Lipinski definition) is 4. The molecule has 0 aliphatic heterocycles. The minimum Gasteiger partial charge on any atom is -0.493 e. The predicted octanol–water partition coefficient (Wildman–Crippen LogP) is 5.56. The first-order valence-electron chi connectivity index (χ1n) is 11.3. The van der Waals surface area contributed by atoms with E-state index in [2.05, 4.69) is 48.4 Å². The van der Waals surface area contributed by atoms with E-state index in [1.54, 1.807) is 20.3 Å². The molecule has 2 N–H and O–H groups in total. The van der Waals surface area contributed by atoms with E-state index >= 15 is 0 Å². The number of rotatable bonds is 7. The molecule has 0 aliphatic rings. The topological polar surface area (TPSA) is 66.6 Å². The molecule has 0 saturated carbocycles. The van der Waals surface area contributed by atoms with Gasteiger partial charge in [0.2, 0.25) is 0 Å². The number of nitrogens with zero attached hydrogens (tertiary/aromatic N) is 1. The Balaban J connectivity index is 1.68. The highest BCUT2D eigenvalue weighted by molar-refractivity contribution is 7.80. The Hall–Kier alpha value is -3.84. The molecule has 4 rings (SSSR count). The number of hydrogen-bond donors (Lipinski definition) is 2. The van der Waals surface area contributed by atoms with Gasteiger partial charge in [-0.05, 0) is 55.4 Å². The van der Waals surface area contributed by atoms with Gasteiger partial charge in [-0.15, -0.1) is 0 Å². The molecule has 1 aromatic heterocycles. The molecule has 7 heteroatoms. The first kappa shape index (κ1) is 24.3. The van der Waals surface area contributed by atoms with Crippen molar-refractivity contribution in [1.29, 1.82) is 0 Å². The average molecular weight is 488 g/mol. The number of aromatic amines is 1. The normalized spacial score (nSPS) is 10.7. The maximum Gasteiger partial charge on any atom is 0.253 e. The van der Waals surface area contributed by atoms with Crippen LogP contribution in [0.25, 0.3) is 10.9 Å². The molecule has 3 aromatic carbocycles. The van der Waals surface area contributed by atoms with Crippen LogP contribution in [0.3, 0.4) is 0 Å². The van der Waals surface area contributed by atoms with Crippen LogP contribution in [-0.4, -0.2) is 29.2 Å². The SMILES string of the molecule is COc1cc2cc(CN(Cc3ccccc3)C(=S)Nc3ccc(C)cc3C)c(=O)[nH]c2cc1OC. The Labute approximate surface area is 210 Å². The Kier molecular flexibility index (Phi) is 7.36. The zero-order valence-electron chi connectivity index (χ0n) is 20.3. The van der Waals surface area contributed by atoms with Crippen LogP contribution in [0.15, 0.2) is 71.5 Å². The van der Waals surface area contributed by atoms with E-state index in [0.717, 1.165) is 22.2 Å². The smallest absolute Gasteiger partial charge is 0.253 e. The van der Waals surface area contributed by atoms with E-state index in [-0.39, 0.29) is 5.56 Å². The second-order valence-electron chi connectivity index (χ2n) is 8.51. The fourth-order valence-electron chi connectivity index (χ4n) is 4.05. The Bertz CT molecular complexity index is 1420. The molecule has 35 heavy (non-hydrogen) atoms. The predicted molar refractivity (Wildman–Crippen MR) is 145 cm³/mol. The summed E-state index contributed by atoms with van der Waals surface area (Å²) in [5, 5.41) is 4.78. The number of methoxy groups -OCH3 is 2. The standard InChI is InChI=1S/C28H29N3O3S/c1-18-10-11-23(19(2)12-18)30-28(35)31(16-20-8-6-5-7-9-20)17-22-13-21-14-25(33-3)26(34-4)15-24(21)29-27(22)32/h5-15H,16-17H2,1-4H3,(H,29,32)(H,30,35). The number of benzene rings is 3. The van der Waals surface area contributed by atoms with Crippen molar-refractivity contribution in [2.45, 2.75) is 26.9 Å². The van der Waals surface area contributed by atoms with Gasteiger partial charge in [-0.3, -0.25) is 4.79 Å². The number of aromatic nitrogens is 1. The number of thiocarbonyl (C=S) groups is 1. The van der Waals surface area contributed by atoms with E-state index < -0.39 is 0 Å². The van der Waals surface area contributed by atoms with Gasteiger partial charge in [-0.25, -0.2) is 0 Å². The van der Waals surface area contributed by atoms with Crippen LogP contribution in [0.4, 0.5) is 5.69 Å². The van der Waals surface area contributed by atoms with Crippen molar-refractivity contribution in [2.24, 2.45) is 0 Å². The Morgan fingerprint density at radius 1 is 0.943 bits per heavy atom. The average Bonchev–Trinajstić information content (AvgIpc) is 2.85. The summed E-state index contributed by atoms with van der Waals surface area (Å²) in [6.07, 6.45) is 0. The zero-order chi connectivity index (χ0) is 24.9. The number of aryl methyl sites for hydroxylation is 2. The molecule has 0 unspecified atom stereocenters. The van der Waals surface area contributed by atoms with Gasteiger partial charge in [0.1, 0.15) is 0 Å². The second-order valence-corrected chi connectivity index (χ2v) is 8.90. The first-order chi connectivity index (χ1) is 16.9. The van der Waals surface area contributed by atoms with Crippen molar-refractivity contribution < 1.29 is 9.47 Å². The highest BCUT2D eigenvalue weighted by atomic mass is 32.1. The van der Waals surface area contributed by atoms with Crippen LogP contribution in [0.5, 0.6) is 11.5 Å². The minimum atomic E-state index is -0.169. The minimum absolute atomic E-state index is 0.169. The van der Waals surface area contributed by atoms with Crippen LogP contribution in [-0.2, 0) is 13.1 Å². The van der Waals surface area contributed by atoms with Gasteiger partial charge in [-0.1, -0.05) is 48.0 Å². The molecule has 0 bridgehead atoms. The maximum atomic E-state index is 13.0. The van der Waals surface area contributed by atoms with Crippen molar-refractivity contribution >= 4 is 33.9 Å². The quantitative estimate of drug-likeness (QED) is 0.333. The van der Waals surface area contributed by atoms with Crippen LogP contribution in [0, 0.1) is 13.8 Å². The van der Waals surface area contributed by atoms with Gasteiger partial charge in [0, 0.05) is 29.2 Å². The molecule has 0 fully saturated rings. The van der Waals surface area contributed by atoms with Gasteiger partial charge >= 0.3 is 0 Å². The maximum absolute atomic E-state index is 13.0. The second kappa shape index (κ2) is 10.6. The van der Waals surface area contributed by atoms with Crippen LogP contribution in [0.1, 0.15) is 22.3 Å². The van der Waals surface area contributed by atoms with Gasteiger partial charge in [0.25, 0.3) is 5.56 Å². The molecule has 180 valence electrons. The van der Waals surface area contributed by atoms with Gasteiger partial charge in [-0.2, -0.15) is 0 Å². The van der Waals surface area contributed by atoms with Crippen LogP contribution in [0.2, 0.25) is 0 Å². The lowest BCUT2D eigenvalue weighted by molar-refractivity contribution is 0.355. The van der Waals surface area contributed by atoms with E-state index in [0.29, 0.717) is 40.8 Å². The van der Waals surface area contributed by atoms with E-state index in [1.807, 2.05) is 41.3 Å². The number of ether oxygens (including phenoxy) is 2. The van der Waals surface area contributed by atoms with E-state index in [4.69, 9.17) is 21.7 Å². The Morgan fingerprint density at radius 2 is 1.66 bits per heavy atom. The van der Waals surface area contributed by atoms with Crippen molar-refractivity contribution in [2.75, 3.05) is 19.5 Å². The molecule has 0 atom stereocenters. The first-order valence-corrected chi connectivity index (χ1v) is 11.7. The molecule has 0 saturated heterocycles. The van der Waals surface area contributed by atoms with Gasteiger partial charge in [0.05, 0.1) is 26.3 Å². The third-order valence-corrected chi connectivity index (χ3v) is 6.27. The van der Waals surface area contributed by atoms with E-state index in [1.165, 1.54) is 5.56 Å².